The summed E-state index contributed by atoms with van der Waals surface area (Å²) in [6.45, 7) is 0.198. The molecule has 0 amide bonds. The zero-order valence-corrected chi connectivity index (χ0v) is 11.8. The highest BCUT2D eigenvalue weighted by molar-refractivity contribution is 5.46. The SMILES string of the molecule is CNc1ccc(OCc2cc([N+](=O)[O-])ccc2OC)cc1. The Labute approximate surface area is 122 Å². The fraction of sp³-hybridized carbons (Fsp3) is 0.200. The van der Waals surface area contributed by atoms with Crippen molar-refractivity contribution in [2.24, 2.45) is 0 Å². The molecule has 2 aromatic carbocycles. The van der Waals surface area contributed by atoms with Gasteiger partial charge in [0.2, 0.25) is 0 Å². The maximum absolute atomic E-state index is 10.8. The van der Waals surface area contributed by atoms with Crippen molar-refractivity contribution in [3.8, 4) is 11.5 Å². The Bertz CT molecular complexity index is 626. The smallest absolute Gasteiger partial charge is 0.270 e. The Balaban J connectivity index is 2.13. The Hall–Kier alpha value is -2.76. The fourth-order valence-electron chi connectivity index (χ4n) is 1.87. The molecule has 6 nitrogen and oxygen atoms in total. The molecule has 0 aliphatic rings. The van der Waals surface area contributed by atoms with Crippen LogP contribution < -0.4 is 14.8 Å². The molecule has 0 aliphatic carbocycles. The van der Waals surface area contributed by atoms with Crippen LogP contribution in [0, 0.1) is 10.1 Å². The zero-order chi connectivity index (χ0) is 15.2. The van der Waals surface area contributed by atoms with E-state index < -0.39 is 4.92 Å². The van der Waals surface area contributed by atoms with Crippen molar-refractivity contribution in [2.45, 2.75) is 6.61 Å². The molecule has 0 aromatic heterocycles. The van der Waals surface area contributed by atoms with E-state index in [0.29, 0.717) is 17.1 Å². The maximum Gasteiger partial charge on any atom is 0.270 e. The van der Waals surface area contributed by atoms with Gasteiger partial charge in [0.1, 0.15) is 18.1 Å². The second kappa shape index (κ2) is 6.60. The second-order valence-corrected chi connectivity index (χ2v) is 4.32. The van der Waals surface area contributed by atoms with E-state index in [0.717, 1.165) is 5.69 Å². The van der Waals surface area contributed by atoms with Gasteiger partial charge in [-0.3, -0.25) is 10.1 Å². The first-order valence-electron chi connectivity index (χ1n) is 6.36. The van der Waals surface area contributed by atoms with Crippen LogP contribution in [-0.4, -0.2) is 19.1 Å². The van der Waals surface area contributed by atoms with Crippen molar-refractivity contribution < 1.29 is 14.4 Å². The molecule has 0 radical (unpaired) electrons. The molecule has 1 N–H and O–H groups in total. The van der Waals surface area contributed by atoms with E-state index in [9.17, 15) is 10.1 Å². The lowest BCUT2D eigenvalue weighted by atomic mass is 10.2. The number of nitrogens with zero attached hydrogens (tertiary/aromatic N) is 1. The predicted molar refractivity (Wildman–Crippen MR) is 80.0 cm³/mol. The summed E-state index contributed by atoms with van der Waals surface area (Å²) >= 11 is 0. The second-order valence-electron chi connectivity index (χ2n) is 4.32. The summed E-state index contributed by atoms with van der Waals surface area (Å²) in [6, 6.07) is 11.9. The van der Waals surface area contributed by atoms with Crippen LogP contribution in [0.2, 0.25) is 0 Å². The van der Waals surface area contributed by atoms with Gasteiger partial charge in [-0.15, -0.1) is 0 Å². The Morgan fingerprint density at radius 2 is 1.90 bits per heavy atom. The molecule has 2 aromatic rings. The number of methoxy groups -OCH3 is 1. The van der Waals surface area contributed by atoms with E-state index in [-0.39, 0.29) is 12.3 Å². The predicted octanol–water partition coefficient (Wildman–Crippen LogP) is 3.22. The summed E-state index contributed by atoms with van der Waals surface area (Å²) < 4.78 is 10.8. The van der Waals surface area contributed by atoms with Gasteiger partial charge in [0, 0.05) is 30.4 Å². The molecule has 0 heterocycles. The number of nitro groups is 1. The summed E-state index contributed by atoms with van der Waals surface area (Å²) in [5.41, 5.74) is 1.62. The number of anilines is 1. The van der Waals surface area contributed by atoms with E-state index in [1.807, 2.05) is 31.3 Å². The lowest BCUT2D eigenvalue weighted by Gasteiger charge is -2.10. The standard InChI is InChI=1S/C15H16N2O4/c1-16-12-3-6-14(7-4-12)21-10-11-9-13(17(18)19)5-8-15(11)20-2/h3-9,16H,10H2,1-2H3. The number of nitro benzene ring substituents is 1. The van der Waals surface area contributed by atoms with Gasteiger partial charge < -0.3 is 14.8 Å². The lowest BCUT2D eigenvalue weighted by molar-refractivity contribution is -0.385. The quantitative estimate of drug-likeness (QED) is 0.652. The van der Waals surface area contributed by atoms with Crippen molar-refractivity contribution in [3.05, 3.63) is 58.1 Å². The Morgan fingerprint density at radius 3 is 2.48 bits per heavy atom. The average Bonchev–Trinajstić information content (AvgIpc) is 2.53. The third kappa shape index (κ3) is 3.62. The highest BCUT2D eigenvalue weighted by Gasteiger charge is 2.11. The van der Waals surface area contributed by atoms with Crippen LogP contribution in [0.4, 0.5) is 11.4 Å². The van der Waals surface area contributed by atoms with Gasteiger partial charge in [-0.1, -0.05) is 0 Å². The number of rotatable bonds is 6. The van der Waals surface area contributed by atoms with Gasteiger partial charge in [0.05, 0.1) is 12.0 Å². The monoisotopic (exact) mass is 288 g/mol. The highest BCUT2D eigenvalue weighted by Crippen LogP contribution is 2.25. The van der Waals surface area contributed by atoms with Crippen molar-refractivity contribution >= 4 is 11.4 Å². The summed E-state index contributed by atoms with van der Waals surface area (Å²) in [6.07, 6.45) is 0. The van der Waals surface area contributed by atoms with Crippen LogP contribution >= 0.6 is 0 Å². The number of ether oxygens (including phenoxy) is 2. The molecule has 0 saturated heterocycles. The normalized spacial score (nSPS) is 10.0. The summed E-state index contributed by atoms with van der Waals surface area (Å²) in [5.74, 6) is 1.25. The van der Waals surface area contributed by atoms with Gasteiger partial charge >= 0.3 is 0 Å². The highest BCUT2D eigenvalue weighted by atomic mass is 16.6. The van der Waals surface area contributed by atoms with Crippen LogP contribution in [0.15, 0.2) is 42.5 Å². The molecule has 110 valence electrons. The van der Waals surface area contributed by atoms with Crippen molar-refractivity contribution in [3.63, 3.8) is 0 Å². The van der Waals surface area contributed by atoms with E-state index >= 15 is 0 Å². The van der Waals surface area contributed by atoms with Gasteiger partial charge in [-0.05, 0) is 30.3 Å². The first-order chi connectivity index (χ1) is 10.1. The minimum atomic E-state index is -0.440. The minimum Gasteiger partial charge on any atom is -0.496 e. The van der Waals surface area contributed by atoms with Crippen LogP contribution in [-0.2, 0) is 6.61 Å². The van der Waals surface area contributed by atoms with Crippen molar-refractivity contribution in [1.29, 1.82) is 0 Å². The first-order valence-corrected chi connectivity index (χ1v) is 6.36. The average molecular weight is 288 g/mol. The van der Waals surface area contributed by atoms with Gasteiger partial charge in [-0.2, -0.15) is 0 Å². The van der Waals surface area contributed by atoms with E-state index in [1.54, 1.807) is 6.07 Å². The van der Waals surface area contributed by atoms with Gasteiger partial charge in [-0.25, -0.2) is 0 Å². The van der Waals surface area contributed by atoms with Gasteiger partial charge in [0.25, 0.3) is 5.69 Å². The number of hydrogen-bond acceptors (Lipinski definition) is 5. The van der Waals surface area contributed by atoms with Crippen LogP contribution in [0.25, 0.3) is 0 Å². The molecule has 0 saturated carbocycles. The molecule has 0 spiro atoms. The van der Waals surface area contributed by atoms with E-state index in [2.05, 4.69) is 5.32 Å². The molecule has 0 bridgehead atoms. The molecular formula is C15H16N2O4. The molecule has 6 heteroatoms. The Kier molecular flexibility index (Phi) is 4.61. The van der Waals surface area contributed by atoms with E-state index in [1.165, 1.54) is 19.2 Å². The summed E-state index contributed by atoms with van der Waals surface area (Å²) in [5, 5.41) is 13.8. The molecule has 21 heavy (non-hydrogen) atoms. The van der Waals surface area contributed by atoms with E-state index in [4.69, 9.17) is 9.47 Å². The Morgan fingerprint density at radius 1 is 1.19 bits per heavy atom. The third-order valence-corrected chi connectivity index (χ3v) is 3.01. The van der Waals surface area contributed by atoms with Crippen molar-refractivity contribution in [2.75, 3.05) is 19.5 Å². The molecule has 0 unspecified atom stereocenters. The number of nitrogens with one attached hydrogen (secondary N) is 1. The number of non-ortho nitro benzene ring substituents is 1. The third-order valence-electron chi connectivity index (χ3n) is 3.01. The maximum atomic E-state index is 10.8. The van der Waals surface area contributed by atoms with Crippen LogP contribution in [0.3, 0.4) is 0 Å². The topological polar surface area (TPSA) is 73.6 Å². The zero-order valence-electron chi connectivity index (χ0n) is 11.8. The molecule has 0 atom stereocenters. The fourth-order valence-corrected chi connectivity index (χ4v) is 1.87. The van der Waals surface area contributed by atoms with Crippen LogP contribution in [0.1, 0.15) is 5.56 Å². The van der Waals surface area contributed by atoms with Crippen LogP contribution in [0.5, 0.6) is 11.5 Å². The number of benzene rings is 2. The van der Waals surface area contributed by atoms with Gasteiger partial charge in [0.15, 0.2) is 0 Å². The first kappa shape index (κ1) is 14.6. The molecule has 2 rings (SSSR count). The summed E-state index contributed by atoms with van der Waals surface area (Å²) in [4.78, 5) is 10.4. The lowest BCUT2D eigenvalue weighted by Crippen LogP contribution is -2.00. The minimum absolute atomic E-state index is 0.0138. The molecule has 0 aliphatic heterocycles. The summed E-state index contributed by atoms with van der Waals surface area (Å²) in [7, 11) is 3.36. The van der Waals surface area contributed by atoms with Crippen molar-refractivity contribution in [1.82, 2.24) is 0 Å². The molecule has 0 fully saturated rings. The molecular weight excluding hydrogens is 272 g/mol. The largest absolute Gasteiger partial charge is 0.496 e. The number of hydrogen-bond donors (Lipinski definition) is 1.